The van der Waals surface area contributed by atoms with E-state index in [2.05, 4.69) is 31.2 Å². The van der Waals surface area contributed by atoms with Gasteiger partial charge >= 0.3 is 0 Å². The van der Waals surface area contributed by atoms with Crippen molar-refractivity contribution < 1.29 is 4.79 Å². The SMILES string of the molecule is CN(C)CCC(NC(=O)c1c(Br)cnn1C)c1ccc(Cl)cc1. The molecule has 2 aromatic rings. The third-order valence-electron chi connectivity index (χ3n) is 3.55. The van der Waals surface area contributed by atoms with E-state index < -0.39 is 0 Å². The number of rotatable bonds is 6. The summed E-state index contributed by atoms with van der Waals surface area (Å²) in [5.74, 6) is -0.157. The van der Waals surface area contributed by atoms with Crippen LogP contribution in [-0.2, 0) is 7.05 Å². The Hall–Kier alpha value is -1.37. The number of halogens is 2. The molecule has 2 rings (SSSR count). The van der Waals surface area contributed by atoms with Crippen molar-refractivity contribution in [3.8, 4) is 0 Å². The first-order chi connectivity index (χ1) is 10.9. The molecule has 1 aromatic carbocycles. The zero-order chi connectivity index (χ0) is 17.0. The number of carbonyl (C=O) groups is 1. The fraction of sp³-hybridized carbons (Fsp3) is 0.375. The molecule has 0 spiro atoms. The smallest absolute Gasteiger partial charge is 0.271 e. The van der Waals surface area contributed by atoms with Crippen LogP contribution in [0.2, 0.25) is 5.02 Å². The molecule has 23 heavy (non-hydrogen) atoms. The van der Waals surface area contributed by atoms with E-state index in [1.54, 1.807) is 17.9 Å². The molecular formula is C16H20BrClN4O. The summed E-state index contributed by atoms with van der Waals surface area (Å²) in [4.78, 5) is 14.7. The molecule has 0 bridgehead atoms. The molecule has 1 unspecified atom stereocenters. The number of aromatic nitrogens is 2. The van der Waals surface area contributed by atoms with Gasteiger partial charge in [-0.2, -0.15) is 5.10 Å². The van der Waals surface area contributed by atoms with Crippen LogP contribution in [0.25, 0.3) is 0 Å². The summed E-state index contributed by atoms with van der Waals surface area (Å²) in [7, 11) is 5.77. The summed E-state index contributed by atoms with van der Waals surface area (Å²) in [6.07, 6.45) is 2.42. The van der Waals surface area contributed by atoms with Crippen molar-refractivity contribution >= 4 is 33.4 Å². The van der Waals surface area contributed by atoms with E-state index in [1.165, 1.54) is 0 Å². The highest BCUT2D eigenvalue weighted by Gasteiger charge is 2.20. The fourth-order valence-electron chi connectivity index (χ4n) is 2.30. The molecular weight excluding hydrogens is 380 g/mol. The summed E-state index contributed by atoms with van der Waals surface area (Å²) in [5, 5.41) is 7.86. The predicted octanol–water partition coefficient (Wildman–Crippen LogP) is 3.26. The average Bonchev–Trinajstić information content (AvgIpc) is 2.83. The number of nitrogens with zero attached hydrogens (tertiary/aromatic N) is 3. The molecule has 0 aliphatic heterocycles. The number of amides is 1. The van der Waals surface area contributed by atoms with Gasteiger partial charge in [0, 0.05) is 12.1 Å². The number of benzene rings is 1. The second-order valence-electron chi connectivity index (χ2n) is 5.63. The first-order valence-corrected chi connectivity index (χ1v) is 8.44. The average molecular weight is 400 g/mol. The second-order valence-corrected chi connectivity index (χ2v) is 6.93. The Morgan fingerprint density at radius 3 is 2.57 bits per heavy atom. The predicted molar refractivity (Wildman–Crippen MR) is 95.7 cm³/mol. The van der Waals surface area contributed by atoms with Crippen LogP contribution < -0.4 is 5.32 Å². The van der Waals surface area contributed by atoms with Gasteiger partial charge in [-0.3, -0.25) is 9.48 Å². The largest absolute Gasteiger partial charge is 0.344 e. The van der Waals surface area contributed by atoms with Gasteiger partial charge in [0.25, 0.3) is 5.91 Å². The molecule has 1 heterocycles. The summed E-state index contributed by atoms with van der Waals surface area (Å²) < 4.78 is 2.24. The van der Waals surface area contributed by atoms with Crippen molar-refractivity contribution in [2.24, 2.45) is 7.05 Å². The van der Waals surface area contributed by atoms with Crippen LogP contribution in [0, 0.1) is 0 Å². The summed E-state index contributed by atoms with van der Waals surface area (Å²) in [6, 6.07) is 7.48. The van der Waals surface area contributed by atoms with Crippen molar-refractivity contribution in [1.82, 2.24) is 20.0 Å². The Morgan fingerprint density at radius 2 is 2.04 bits per heavy atom. The van der Waals surface area contributed by atoms with Gasteiger partial charge in [0.15, 0.2) is 0 Å². The van der Waals surface area contributed by atoms with E-state index in [4.69, 9.17) is 11.6 Å². The minimum absolute atomic E-state index is 0.0935. The lowest BCUT2D eigenvalue weighted by Crippen LogP contribution is -2.32. The molecule has 1 amide bonds. The minimum Gasteiger partial charge on any atom is -0.344 e. The third-order valence-corrected chi connectivity index (χ3v) is 4.38. The van der Waals surface area contributed by atoms with Crippen LogP contribution in [-0.4, -0.2) is 41.2 Å². The first-order valence-electron chi connectivity index (χ1n) is 7.27. The van der Waals surface area contributed by atoms with Crippen LogP contribution in [0.4, 0.5) is 0 Å². The molecule has 0 saturated carbocycles. The van der Waals surface area contributed by atoms with E-state index in [0.29, 0.717) is 15.2 Å². The summed E-state index contributed by atoms with van der Waals surface area (Å²) >= 11 is 9.32. The molecule has 0 fully saturated rings. The Labute approximate surface area is 149 Å². The topological polar surface area (TPSA) is 50.2 Å². The summed E-state index contributed by atoms with van der Waals surface area (Å²) in [5.41, 5.74) is 1.54. The quantitative estimate of drug-likeness (QED) is 0.811. The minimum atomic E-state index is -0.157. The van der Waals surface area contributed by atoms with E-state index in [1.807, 2.05) is 38.4 Å². The van der Waals surface area contributed by atoms with Gasteiger partial charge in [-0.05, 0) is 60.7 Å². The number of hydrogen-bond donors (Lipinski definition) is 1. The number of nitrogens with one attached hydrogen (secondary N) is 1. The van der Waals surface area contributed by atoms with Crippen LogP contribution in [0.3, 0.4) is 0 Å². The highest BCUT2D eigenvalue weighted by molar-refractivity contribution is 9.10. The van der Waals surface area contributed by atoms with Gasteiger partial charge in [-0.1, -0.05) is 23.7 Å². The molecule has 124 valence electrons. The number of hydrogen-bond acceptors (Lipinski definition) is 3. The molecule has 1 aromatic heterocycles. The van der Waals surface area contributed by atoms with Crippen LogP contribution >= 0.6 is 27.5 Å². The standard InChI is InChI=1S/C16H20BrClN4O/c1-21(2)9-8-14(11-4-6-12(18)7-5-11)20-16(23)15-13(17)10-19-22(15)3/h4-7,10,14H,8-9H2,1-3H3,(H,20,23). The lowest BCUT2D eigenvalue weighted by atomic mass is 10.0. The monoisotopic (exact) mass is 398 g/mol. The maximum Gasteiger partial charge on any atom is 0.271 e. The third kappa shape index (κ3) is 4.80. The van der Waals surface area contributed by atoms with Gasteiger partial charge in [-0.15, -0.1) is 0 Å². The molecule has 0 saturated heterocycles. The van der Waals surface area contributed by atoms with Crippen LogP contribution in [0.15, 0.2) is 34.9 Å². The number of aryl methyl sites for hydroxylation is 1. The zero-order valence-electron chi connectivity index (χ0n) is 13.4. The molecule has 7 heteroatoms. The molecule has 5 nitrogen and oxygen atoms in total. The zero-order valence-corrected chi connectivity index (χ0v) is 15.7. The number of carbonyl (C=O) groups excluding carboxylic acids is 1. The highest BCUT2D eigenvalue weighted by atomic mass is 79.9. The Balaban J connectivity index is 2.20. The molecule has 1 atom stereocenters. The Morgan fingerprint density at radius 1 is 1.39 bits per heavy atom. The molecule has 0 aliphatic rings. The van der Waals surface area contributed by atoms with Crippen LogP contribution in [0.1, 0.15) is 28.5 Å². The van der Waals surface area contributed by atoms with Crippen molar-refractivity contribution in [3.63, 3.8) is 0 Å². The lowest BCUT2D eigenvalue weighted by Gasteiger charge is -2.21. The Bertz CT molecular complexity index is 650. The van der Waals surface area contributed by atoms with E-state index in [-0.39, 0.29) is 11.9 Å². The van der Waals surface area contributed by atoms with Gasteiger partial charge in [0.2, 0.25) is 0 Å². The Kier molecular flexibility index (Phi) is 6.21. The van der Waals surface area contributed by atoms with Gasteiger partial charge in [0.05, 0.1) is 16.7 Å². The van der Waals surface area contributed by atoms with Crippen LogP contribution in [0.5, 0.6) is 0 Å². The van der Waals surface area contributed by atoms with E-state index in [9.17, 15) is 4.79 Å². The van der Waals surface area contributed by atoms with Crippen molar-refractivity contribution in [1.29, 1.82) is 0 Å². The van der Waals surface area contributed by atoms with Crippen molar-refractivity contribution in [2.45, 2.75) is 12.5 Å². The maximum absolute atomic E-state index is 12.6. The molecule has 0 aliphatic carbocycles. The van der Waals surface area contributed by atoms with E-state index in [0.717, 1.165) is 18.5 Å². The molecule has 1 N–H and O–H groups in total. The lowest BCUT2D eigenvalue weighted by molar-refractivity contribution is 0.0922. The van der Waals surface area contributed by atoms with Crippen molar-refractivity contribution in [2.75, 3.05) is 20.6 Å². The van der Waals surface area contributed by atoms with Gasteiger partial charge in [0.1, 0.15) is 5.69 Å². The normalized spacial score (nSPS) is 12.4. The first kappa shape index (κ1) is 18.0. The van der Waals surface area contributed by atoms with E-state index >= 15 is 0 Å². The van der Waals surface area contributed by atoms with Gasteiger partial charge < -0.3 is 10.2 Å². The molecule has 0 radical (unpaired) electrons. The fourth-order valence-corrected chi connectivity index (χ4v) is 2.95. The maximum atomic E-state index is 12.6. The second kappa shape index (κ2) is 7.95. The van der Waals surface area contributed by atoms with Gasteiger partial charge in [-0.25, -0.2) is 0 Å². The highest BCUT2D eigenvalue weighted by Crippen LogP contribution is 2.22. The summed E-state index contributed by atoms with van der Waals surface area (Å²) in [6.45, 7) is 0.861. The van der Waals surface area contributed by atoms with Crippen molar-refractivity contribution in [3.05, 3.63) is 51.2 Å².